The van der Waals surface area contributed by atoms with Crippen molar-refractivity contribution in [2.24, 2.45) is 0 Å². The average Bonchev–Trinajstić information content (AvgIpc) is 2.65. The van der Waals surface area contributed by atoms with Crippen LogP contribution in [0.25, 0.3) is 0 Å². The van der Waals surface area contributed by atoms with Crippen molar-refractivity contribution in [1.29, 1.82) is 0 Å². The molecule has 1 aromatic carbocycles. The number of hydrogen-bond acceptors (Lipinski definition) is 2. The largest absolute Gasteiger partial charge is 0.436 e. The van der Waals surface area contributed by atoms with Crippen LogP contribution in [0, 0.1) is 12.5 Å². The van der Waals surface area contributed by atoms with Gasteiger partial charge in [0.2, 0.25) is 0 Å². The Morgan fingerprint density at radius 2 is 2.07 bits per heavy atom. The van der Waals surface area contributed by atoms with Gasteiger partial charge in [0.15, 0.2) is 0 Å². The van der Waals surface area contributed by atoms with E-state index < -0.39 is 5.76 Å². The topological polar surface area (TPSA) is 35.1 Å². The summed E-state index contributed by atoms with van der Waals surface area (Å²) in [6.07, 6.45) is 4.92. The zero-order chi connectivity index (χ0) is 9.97. The summed E-state index contributed by atoms with van der Waals surface area (Å²) >= 11 is 0. The Morgan fingerprint density at radius 3 is 2.64 bits per heavy atom. The second-order valence-corrected chi connectivity index (χ2v) is 3.04. The molecule has 0 amide bonds. The third-order valence-corrected chi connectivity index (χ3v) is 2.17. The summed E-state index contributed by atoms with van der Waals surface area (Å²) in [4.78, 5) is 11.2. The Bertz CT molecular complexity index is 455. The van der Waals surface area contributed by atoms with Crippen molar-refractivity contribution < 1.29 is 4.42 Å². The zero-order valence-electron chi connectivity index (χ0n) is 7.73. The summed E-state index contributed by atoms with van der Waals surface area (Å²) < 4.78 is 5.92. The van der Waals surface area contributed by atoms with Crippen molar-refractivity contribution in [1.82, 2.24) is 4.57 Å². The van der Waals surface area contributed by atoms with Gasteiger partial charge in [-0.25, -0.2) is 9.36 Å². The summed E-state index contributed by atoms with van der Waals surface area (Å²) in [5, 5.41) is 0. The van der Waals surface area contributed by atoms with Crippen LogP contribution in [-0.2, 0) is 0 Å². The lowest BCUT2D eigenvalue weighted by Crippen LogP contribution is -2.18. The first-order valence-electron chi connectivity index (χ1n) is 4.34. The van der Waals surface area contributed by atoms with Gasteiger partial charge < -0.3 is 4.42 Å². The van der Waals surface area contributed by atoms with Gasteiger partial charge in [0.25, 0.3) is 0 Å². The maximum atomic E-state index is 11.2. The van der Waals surface area contributed by atoms with Crippen LogP contribution in [0.2, 0.25) is 0 Å². The van der Waals surface area contributed by atoms with E-state index in [1.165, 1.54) is 4.57 Å². The quantitative estimate of drug-likeness (QED) is 0.716. The average molecular weight is 187 g/mol. The molecule has 0 radical (unpaired) electrons. The van der Waals surface area contributed by atoms with E-state index in [9.17, 15) is 4.79 Å². The number of benzene rings is 1. The Labute approximate surface area is 81.6 Å². The molecule has 0 aliphatic heterocycles. The standard InChI is InChI=1S/C11H9NO2/c1-9(10-5-3-2-4-6-10)12-7-8-14-11(12)13/h2-6,9H,1H3. The molecular weight excluding hydrogens is 178 g/mol. The fraction of sp³-hybridized carbons (Fsp3) is 0.182. The summed E-state index contributed by atoms with van der Waals surface area (Å²) in [5.74, 6) is -0.429. The lowest BCUT2D eigenvalue weighted by Gasteiger charge is -2.09. The predicted octanol–water partition coefficient (Wildman–Crippen LogP) is 1.65. The smallest absolute Gasteiger partial charge is 0.353 e. The fourth-order valence-corrected chi connectivity index (χ4v) is 1.35. The number of nitrogens with zero attached hydrogens (tertiary/aromatic N) is 1. The van der Waals surface area contributed by atoms with Gasteiger partial charge in [0.05, 0.1) is 12.2 Å². The molecular formula is C11H9NO2. The van der Waals surface area contributed by atoms with Crippen LogP contribution in [0.3, 0.4) is 0 Å². The Morgan fingerprint density at radius 1 is 1.36 bits per heavy atom. The summed E-state index contributed by atoms with van der Waals surface area (Å²) in [5.41, 5.74) is 1.04. The van der Waals surface area contributed by atoms with Gasteiger partial charge in [-0.15, -0.1) is 0 Å². The highest BCUT2D eigenvalue weighted by Gasteiger charge is 2.09. The van der Waals surface area contributed by atoms with E-state index in [0.717, 1.165) is 5.56 Å². The van der Waals surface area contributed by atoms with Crippen LogP contribution in [-0.4, -0.2) is 4.57 Å². The van der Waals surface area contributed by atoms with Crippen LogP contribution >= 0.6 is 0 Å². The Kier molecular flexibility index (Phi) is 2.11. The van der Waals surface area contributed by atoms with Gasteiger partial charge in [-0.3, -0.25) is 0 Å². The molecule has 3 nitrogen and oxygen atoms in total. The molecule has 3 heteroatoms. The highest BCUT2D eigenvalue weighted by molar-refractivity contribution is 5.18. The van der Waals surface area contributed by atoms with Crippen LogP contribution in [0.1, 0.15) is 18.5 Å². The van der Waals surface area contributed by atoms with Crippen LogP contribution in [0.5, 0.6) is 0 Å². The normalized spacial score (nSPS) is 12.1. The van der Waals surface area contributed by atoms with Crippen molar-refractivity contribution in [2.75, 3.05) is 0 Å². The molecule has 0 fully saturated rings. The molecule has 70 valence electrons. The molecule has 0 N–H and O–H groups in total. The Hall–Kier alpha value is -1.95. The monoisotopic (exact) mass is 187 g/mol. The third-order valence-electron chi connectivity index (χ3n) is 2.17. The zero-order valence-corrected chi connectivity index (χ0v) is 7.73. The molecule has 1 heterocycles. The number of hydrogen-bond donors (Lipinski definition) is 0. The first kappa shape index (κ1) is 8.64. The number of aromatic nitrogens is 1. The second kappa shape index (κ2) is 3.43. The predicted molar refractivity (Wildman–Crippen MR) is 50.9 cm³/mol. The van der Waals surface area contributed by atoms with E-state index in [1.807, 2.05) is 37.3 Å². The lowest BCUT2D eigenvalue weighted by atomic mass is 10.1. The lowest BCUT2D eigenvalue weighted by molar-refractivity contribution is 0.455. The summed E-state index contributed by atoms with van der Waals surface area (Å²) in [7, 11) is 0. The SMILES string of the molecule is CC(c1ccccc1)n1c#coc1=O. The van der Waals surface area contributed by atoms with E-state index >= 15 is 0 Å². The highest BCUT2D eigenvalue weighted by atomic mass is 16.4. The number of rotatable bonds is 2. The van der Waals surface area contributed by atoms with E-state index in [-0.39, 0.29) is 6.04 Å². The molecule has 0 aliphatic rings. The minimum absolute atomic E-state index is 0.0706. The fourth-order valence-electron chi connectivity index (χ4n) is 1.35. The molecule has 0 bridgehead atoms. The van der Waals surface area contributed by atoms with E-state index in [0.29, 0.717) is 0 Å². The third kappa shape index (κ3) is 1.42. The minimum atomic E-state index is -0.429. The molecule has 0 aliphatic carbocycles. The van der Waals surface area contributed by atoms with Gasteiger partial charge in [-0.05, 0) is 12.5 Å². The van der Waals surface area contributed by atoms with Crippen LogP contribution < -0.4 is 5.76 Å². The first-order chi connectivity index (χ1) is 6.79. The Balaban J connectivity index is 2.39. The van der Waals surface area contributed by atoms with Gasteiger partial charge in [0, 0.05) is 0 Å². The highest BCUT2D eigenvalue weighted by Crippen LogP contribution is 2.13. The molecule has 2 rings (SSSR count). The molecule has 2 aromatic rings. The maximum Gasteiger partial charge on any atom is 0.436 e. The van der Waals surface area contributed by atoms with E-state index in [4.69, 9.17) is 0 Å². The molecule has 14 heavy (non-hydrogen) atoms. The van der Waals surface area contributed by atoms with Crippen molar-refractivity contribution in [2.45, 2.75) is 13.0 Å². The molecule has 0 spiro atoms. The van der Waals surface area contributed by atoms with E-state index in [1.54, 1.807) is 0 Å². The maximum absolute atomic E-state index is 11.2. The van der Waals surface area contributed by atoms with Crippen LogP contribution in [0.15, 0.2) is 39.5 Å². The molecule has 1 unspecified atom stereocenters. The first-order valence-corrected chi connectivity index (χ1v) is 4.34. The van der Waals surface area contributed by atoms with Crippen LogP contribution in [0.4, 0.5) is 0 Å². The van der Waals surface area contributed by atoms with Crippen molar-refractivity contribution >= 4 is 0 Å². The summed E-state index contributed by atoms with van der Waals surface area (Å²) in [6.45, 7) is 1.91. The van der Waals surface area contributed by atoms with Gasteiger partial charge in [-0.2, -0.15) is 0 Å². The molecule has 0 saturated carbocycles. The van der Waals surface area contributed by atoms with Gasteiger partial charge in [0.1, 0.15) is 6.26 Å². The summed E-state index contributed by atoms with van der Waals surface area (Å²) in [6, 6.07) is 9.64. The van der Waals surface area contributed by atoms with Gasteiger partial charge >= 0.3 is 5.76 Å². The van der Waals surface area contributed by atoms with Crippen molar-refractivity contribution in [3.05, 3.63) is 58.9 Å². The molecule has 1 aromatic heterocycles. The minimum Gasteiger partial charge on any atom is -0.353 e. The van der Waals surface area contributed by atoms with E-state index in [2.05, 4.69) is 16.9 Å². The van der Waals surface area contributed by atoms with Crippen molar-refractivity contribution in [3.63, 3.8) is 0 Å². The second-order valence-electron chi connectivity index (χ2n) is 3.04. The van der Waals surface area contributed by atoms with Crippen molar-refractivity contribution in [3.8, 4) is 0 Å². The molecule has 0 saturated heterocycles. The molecule has 1 atom stereocenters. The van der Waals surface area contributed by atoms with Gasteiger partial charge in [-0.1, -0.05) is 30.3 Å².